The Bertz CT molecular complexity index is 1140. The van der Waals surface area contributed by atoms with E-state index in [4.69, 9.17) is 21.1 Å². The number of hydrogen-bond donors (Lipinski definition) is 1. The number of nitrogens with zero attached hydrogens (tertiary/aromatic N) is 1. The van der Waals surface area contributed by atoms with Gasteiger partial charge >= 0.3 is 11.9 Å². The molecule has 8 heteroatoms. The minimum absolute atomic E-state index is 0.0725. The largest absolute Gasteiger partial charge is 0.461 e. The predicted molar refractivity (Wildman–Crippen MR) is 216 cm³/mol. The van der Waals surface area contributed by atoms with Crippen LogP contribution in [0, 0.1) is 17.8 Å². The molecule has 1 aromatic carbocycles. The molecule has 1 aromatic rings. The SMILES string of the molecule is CC(C)CC(N(C)C)C1(c2ccc(Cl)cc2)CCC1.CCCCCCCCC[C@@H](C[C@@H]1OC(=O)[C@H]1CCCCCC)OC(=O)[C@@H](CC(C)C)NC=O. The number of rotatable bonds is 26. The van der Waals surface area contributed by atoms with Crippen LogP contribution in [0.5, 0.6) is 0 Å². The summed E-state index contributed by atoms with van der Waals surface area (Å²) in [6.07, 6.45) is 20.9. The van der Waals surface area contributed by atoms with E-state index in [1.165, 1.54) is 76.2 Å². The highest BCUT2D eigenvalue weighted by Crippen LogP contribution is 2.49. The third kappa shape index (κ3) is 15.7. The Morgan fingerprint density at radius 2 is 1.50 bits per heavy atom. The van der Waals surface area contributed by atoms with Gasteiger partial charge in [-0.1, -0.05) is 136 Å². The average Bonchev–Trinajstić information content (AvgIpc) is 3.07. The average molecular weight is 748 g/mol. The van der Waals surface area contributed by atoms with Gasteiger partial charge in [0.15, 0.2) is 0 Å². The van der Waals surface area contributed by atoms with Crippen molar-refractivity contribution in [3.63, 3.8) is 0 Å². The van der Waals surface area contributed by atoms with Crippen LogP contribution in [0.1, 0.15) is 169 Å². The zero-order valence-corrected chi connectivity index (χ0v) is 35.0. The molecule has 1 amide bonds. The van der Waals surface area contributed by atoms with Crippen molar-refractivity contribution in [3.05, 3.63) is 34.9 Å². The lowest BCUT2D eigenvalue weighted by Gasteiger charge is -2.51. The molecule has 0 bridgehead atoms. The third-order valence-corrected chi connectivity index (χ3v) is 11.4. The van der Waals surface area contributed by atoms with E-state index in [2.05, 4.69) is 64.1 Å². The lowest BCUT2D eigenvalue weighted by molar-refractivity contribution is -0.190. The summed E-state index contributed by atoms with van der Waals surface area (Å²) in [7, 11) is 4.45. The molecular weight excluding hydrogens is 672 g/mol. The van der Waals surface area contributed by atoms with E-state index in [1.54, 1.807) is 0 Å². The molecule has 3 rings (SSSR count). The molecule has 0 spiro atoms. The van der Waals surface area contributed by atoms with Gasteiger partial charge in [0, 0.05) is 22.9 Å². The molecule has 7 nitrogen and oxygen atoms in total. The summed E-state index contributed by atoms with van der Waals surface area (Å²) in [4.78, 5) is 38.3. The van der Waals surface area contributed by atoms with Gasteiger partial charge in [-0.2, -0.15) is 0 Å². The van der Waals surface area contributed by atoms with Crippen LogP contribution in [0.2, 0.25) is 5.02 Å². The van der Waals surface area contributed by atoms with Crippen molar-refractivity contribution < 1.29 is 23.9 Å². The van der Waals surface area contributed by atoms with Crippen LogP contribution >= 0.6 is 11.6 Å². The lowest BCUT2D eigenvalue weighted by atomic mass is 9.58. The standard InChI is InChI=1S/C27H49NO5.C17H26ClN/c1-5-7-9-11-12-13-14-16-22(32-27(31)24(28-20-29)18-21(3)4)19-25-23(26(30)33-25)17-15-10-8-6-2;1-13(2)12-16(19(3)4)17(10-5-11-17)14-6-8-15(18)9-7-14/h20-25H,5-19H2,1-4H3,(H,28,29);6-9,13,16H,5,10-12H2,1-4H3/t22-,23-,24+,25-;/m0./s1. The number of unbranched alkanes of at least 4 members (excludes halogenated alkanes) is 9. The molecule has 298 valence electrons. The minimum Gasteiger partial charge on any atom is -0.461 e. The van der Waals surface area contributed by atoms with Gasteiger partial charge in [-0.25, -0.2) is 4.79 Å². The van der Waals surface area contributed by atoms with Gasteiger partial charge < -0.3 is 19.7 Å². The summed E-state index contributed by atoms with van der Waals surface area (Å²) in [5.74, 6) is 0.428. The summed E-state index contributed by atoms with van der Waals surface area (Å²) in [6.45, 7) is 13.1. The van der Waals surface area contributed by atoms with Crippen LogP contribution in [0.4, 0.5) is 0 Å². The fourth-order valence-electron chi connectivity index (χ4n) is 8.08. The summed E-state index contributed by atoms with van der Waals surface area (Å²) in [6, 6.07) is 8.55. The second-order valence-corrected chi connectivity index (χ2v) is 17.2. The first-order valence-corrected chi connectivity index (χ1v) is 21.3. The molecule has 1 saturated heterocycles. The second-order valence-electron chi connectivity index (χ2n) is 16.7. The molecule has 1 unspecified atom stereocenters. The fraction of sp³-hybridized carbons (Fsp3) is 0.795. The topological polar surface area (TPSA) is 84.9 Å². The second kappa shape index (κ2) is 25.1. The molecule has 1 aliphatic carbocycles. The van der Waals surface area contributed by atoms with Crippen molar-refractivity contribution in [2.75, 3.05) is 14.1 Å². The maximum Gasteiger partial charge on any atom is 0.328 e. The number of ether oxygens (including phenoxy) is 2. The van der Waals surface area contributed by atoms with E-state index in [9.17, 15) is 14.4 Å². The molecule has 2 fully saturated rings. The highest BCUT2D eigenvalue weighted by Gasteiger charge is 2.46. The van der Waals surface area contributed by atoms with Crippen LogP contribution in [0.3, 0.4) is 0 Å². The van der Waals surface area contributed by atoms with Crippen molar-refractivity contribution in [1.82, 2.24) is 10.2 Å². The molecule has 1 aliphatic heterocycles. The first-order valence-electron chi connectivity index (χ1n) is 20.9. The number of hydrogen-bond acceptors (Lipinski definition) is 6. The van der Waals surface area contributed by atoms with Crippen molar-refractivity contribution in [2.45, 2.75) is 193 Å². The Balaban J connectivity index is 0.000000414. The molecule has 1 saturated carbocycles. The minimum atomic E-state index is -0.632. The van der Waals surface area contributed by atoms with E-state index in [1.807, 2.05) is 26.0 Å². The lowest BCUT2D eigenvalue weighted by Crippen LogP contribution is -2.52. The Morgan fingerprint density at radius 1 is 0.923 bits per heavy atom. The predicted octanol–water partition coefficient (Wildman–Crippen LogP) is 10.8. The van der Waals surface area contributed by atoms with E-state index < -0.39 is 6.04 Å². The van der Waals surface area contributed by atoms with Gasteiger partial charge in [0.05, 0.1) is 5.92 Å². The van der Waals surface area contributed by atoms with Crippen molar-refractivity contribution in [1.29, 1.82) is 0 Å². The maximum atomic E-state index is 12.8. The summed E-state index contributed by atoms with van der Waals surface area (Å²) in [5, 5.41) is 3.45. The zero-order valence-electron chi connectivity index (χ0n) is 34.2. The highest BCUT2D eigenvalue weighted by molar-refractivity contribution is 6.30. The van der Waals surface area contributed by atoms with E-state index in [0.29, 0.717) is 30.7 Å². The number of carbonyl (C=O) groups excluding carboxylic acids is 3. The monoisotopic (exact) mass is 747 g/mol. The summed E-state index contributed by atoms with van der Waals surface area (Å²) < 4.78 is 11.4. The number of benzene rings is 1. The van der Waals surface area contributed by atoms with E-state index >= 15 is 0 Å². The number of halogens is 1. The first-order chi connectivity index (χ1) is 24.9. The zero-order chi connectivity index (χ0) is 38.5. The maximum absolute atomic E-state index is 12.8. The molecule has 1 heterocycles. The number of esters is 2. The van der Waals surface area contributed by atoms with Crippen LogP contribution in [-0.4, -0.2) is 61.6 Å². The van der Waals surface area contributed by atoms with Crippen LogP contribution < -0.4 is 5.32 Å². The molecule has 52 heavy (non-hydrogen) atoms. The van der Waals surface area contributed by atoms with E-state index in [0.717, 1.165) is 49.5 Å². The Hall–Kier alpha value is -2.12. The molecule has 0 aromatic heterocycles. The van der Waals surface area contributed by atoms with Gasteiger partial charge in [0.25, 0.3) is 0 Å². The number of nitrogens with one attached hydrogen (secondary N) is 1. The first kappa shape index (κ1) is 46.0. The van der Waals surface area contributed by atoms with Gasteiger partial charge in [0.1, 0.15) is 18.2 Å². The number of likely N-dealkylation sites (N-methyl/N-ethyl adjacent to an activating group) is 1. The van der Waals surface area contributed by atoms with Crippen molar-refractivity contribution in [2.24, 2.45) is 17.8 Å². The smallest absolute Gasteiger partial charge is 0.328 e. The number of carbonyl (C=O) groups is 3. The Labute approximate surface area is 323 Å². The fourth-order valence-corrected chi connectivity index (χ4v) is 8.21. The van der Waals surface area contributed by atoms with Crippen LogP contribution in [0.15, 0.2) is 24.3 Å². The molecule has 0 radical (unpaired) electrons. The summed E-state index contributed by atoms with van der Waals surface area (Å²) >= 11 is 6.04. The number of cyclic esters (lactones) is 1. The van der Waals surface area contributed by atoms with Gasteiger partial charge in [-0.05, 0) is 88.6 Å². The van der Waals surface area contributed by atoms with Crippen molar-refractivity contribution >= 4 is 29.9 Å². The van der Waals surface area contributed by atoms with Crippen LogP contribution in [0.25, 0.3) is 0 Å². The summed E-state index contributed by atoms with van der Waals surface area (Å²) in [5.41, 5.74) is 1.82. The van der Waals surface area contributed by atoms with Gasteiger partial charge in [-0.15, -0.1) is 0 Å². The quantitative estimate of drug-likeness (QED) is 0.0577. The van der Waals surface area contributed by atoms with Crippen LogP contribution in [-0.2, 0) is 29.3 Å². The Kier molecular flexibility index (Phi) is 22.2. The Morgan fingerprint density at radius 3 is 2.00 bits per heavy atom. The van der Waals surface area contributed by atoms with Gasteiger partial charge in [-0.3, -0.25) is 9.59 Å². The molecule has 2 aliphatic rings. The molecule has 5 atom stereocenters. The van der Waals surface area contributed by atoms with E-state index in [-0.39, 0.29) is 36.0 Å². The third-order valence-electron chi connectivity index (χ3n) is 11.2. The van der Waals surface area contributed by atoms with Gasteiger partial charge in [0.2, 0.25) is 6.41 Å². The molecule has 1 N–H and O–H groups in total. The highest BCUT2D eigenvalue weighted by atomic mass is 35.5. The normalized spacial score (nSPS) is 19.5. The van der Waals surface area contributed by atoms with Crippen molar-refractivity contribution in [3.8, 4) is 0 Å². The number of amides is 1. The molecular formula is C44H75ClN2O5.